The van der Waals surface area contributed by atoms with Crippen molar-refractivity contribution in [1.82, 2.24) is 14.8 Å². The van der Waals surface area contributed by atoms with Crippen LogP contribution in [0.25, 0.3) is 0 Å². The third-order valence-electron chi connectivity index (χ3n) is 2.65. The number of nitrogen functional groups attached to an aromatic ring is 1. The predicted octanol–water partition coefficient (Wildman–Crippen LogP) is 1.23. The van der Waals surface area contributed by atoms with Crippen molar-refractivity contribution in [2.75, 3.05) is 11.1 Å². The van der Waals surface area contributed by atoms with Gasteiger partial charge in [-0.3, -0.25) is 14.8 Å². The maximum Gasteiger partial charge on any atom is 0.311 e. The zero-order valence-electron chi connectivity index (χ0n) is 10.6. The van der Waals surface area contributed by atoms with Crippen molar-refractivity contribution in [2.45, 2.75) is 13.5 Å². The molecule has 3 N–H and O–H groups in total. The lowest BCUT2D eigenvalue weighted by Crippen LogP contribution is -2.06. The van der Waals surface area contributed by atoms with Gasteiger partial charge in [-0.05, 0) is 13.0 Å². The van der Waals surface area contributed by atoms with Crippen LogP contribution in [0.1, 0.15) is 11.3 Å². The van der Waals surface area contributed by atoms with E-state index in [1.807, 2.05) is 20.2 Å². The van der Waals surface area contributed by atoms with E-state index in [-0.39, 0.29) is 17.3 Å². The van der Waals surface area contributed by atoms with Crippen molar-refractivity contribution >= 4 is 17.3 Å². The molecule has 2 aromatic heterocycles. The number of hydrogen-bond donors (Lipinski definition) is 2. The van der Waals surface area contributed by atoms with E-state index in [9.17, 15) is 10.1 Å². The Balaban J connectivity index is 2.21. The monoisotopic (exact) mass is 262 g/mol. The molecule has 0 unspecified atom stereocenters. The van der Waals surface area contributed by atoms with Gasteiger partial charge in [-0.1, -0.05) is 0 Å². The number of anilines is 2. The van der Waals surface area contributed by atoms with Crippen molar-refractivity contribution in [3.05, 3.63) is 39.7 Å². The lowest BCUT2D eigenvalue weighted by Gasteiger charge is -2.06. The maximum atomic E-state index is 10.9. The number of nitrogens with one attached hydrogen (secondary N) is 1. The lowest BCUT2D eigenvalue weighted by atomic mass is 10.2. The Labute approximate surface area is 109 Å². The minimum atomic E-state index is -0.495. The molecule has 2 heterocycles. The molecule has 0 aliphatic rings. The topological polar surface area (TPSA) is 112 Å². The number of pyridine rings is 1. The molecular weight excluding hydrogens is 248 g/mol. The zero-order chi connectivity index (χ0) is 14.0. The minimum Gasteiger partial charge on any atom is -0.384 e. The largest absolute Gasteiger partial charge is 0.384 e. The van der Waals surface area contributed by atoms with E-state index in [4.69, 9.17) is 5.73 Å². The predicted molar refractivity (Wildman–Crippen MR) is 70.6 cm³/mol. The average molecular weight is 262 g/mol. The molecule has 2 aromatic rings. The molecule has 0 aliphatic heterocycles. The van der Waals surface area contributed by atoms with Crippen LogP contribution in [0, 0.1) is 17.0 Å². The van der Waals surface area contributed by atoms with Gasteiger partial charge in [0.2, 0.25) is 5.82 Å². The molecule has 0 saturated heterocycles. The first-order chi connectivity index (χ1) is 8.97. The quantitative estimate of drug-likeness (QED) is 0.633. The van der Waals surface area contributed by atoms with E-state index in [1.165, 1.54) is 12.1 Å². The van der Waals surface area contributed by atoms with Crippen LogP contribution in [0.15, 0.2) is 18.3 Å². The van der Waals surface area contributed by atoms with Crippen molar-refractivity contribution in [2.24, 2.45) is 7.05 Å². The van der Waals surface area contributed by atoms with Gasteiger partial charge in [-0.25, -0.2) is 4.98 Å². The fourth-order valence-electron chi connectivity index (χ4n) is 1.75. The van der Waals surface area contributed by atoms with E-state index >= 15 is 0 Å². The van der Waals surface area contributed by atoms with E-state index < -0.39 is 4.92 Å². The SMILES string of the molecule is Cc1nn(C)cc1CNc1nc(N)ccc1[N+](=O)[O-]. The fraction of sp³-hybridized carbons (Fsp3) is 0.273. The number of nitro groups is 1. The Kier molecular flexibility index (Phi) is 3.32. The molecule has 8 nitrogen and oxygen atoms in total. The number of nitrogens with zero attached hydrogens (tertiary/aromatic N) is 4. The summed E-state index contributed by atoms with van der Waals surface area (Å²) in [6.45, 7) is 2.27. The van der Waals surface area contributed by atoms with Crippen LogP contribution in [-0.4, -0.2) is 19.7 Å². The Morgan fingerprint density at radius 3 is 2.84 bits per heavy atom. The van der Waals surface area contributed by atoms with Crippen LogP contribution in [0.2, 0.25) is 0 Å². The van der Waals surface area contributed by atoms with Crippen LogP contribution < -0.4 is 11.1 Å². The Hall–Kier alpha value is -2.64. The summed E-state index contributed by atoms with van der Waals surface area (Å²) >= 11 is 0. The van der Waals surface area contributed by atoms with Crippen LogP contribution in [0.5, 0.6) is 0 Å². The first-order valence-corrected chi connectivity index (χ1v) is 5.61. The summed E-state index contributed by atoms with van der Waals surface area (Å²) in [5.41, 5.74) is 7.25. The molecule has 8 heteroatoms. The van der Waals surface area contributed by atoms with Crippen LogP contribution in [-0.2, 0) is 13.6 Å². The normalized spacial score (nSPS) is 10.4. The molecule has 0 spiro atoms. The Morgan fingerprint density at radius 1 is 1.53 bits per heavy atom. The van der Waals surface area contributed by atoms with Crippen LogP contribution in [0.3, 0.4) is 0 Å². The first kappa shape index (κ1) is 12.8. The second-order valence-electron chi connectivity index (χ2n) is 4.13. The minimum absolute atomic E-state index is 0.101. The second kappa shape index (κ2) is 4.92. The van der Waals surface area contributed by atoms with Gasteiger partial charge in [-0.2, -0.15) is 5.10 Å². The smallest absolute Gasteiger partial charge is 0.311 e. The molecule has 0 bridgehead atoms. The highest BCUT2D eigenvalue weighted by Crippen LogP contribution is 2.23. The number of hydrogen-bond acceptors (Lipinski definition) is 6. The summed E-state index contributed by atoms with van der Waals surface area (Å²) in [5, 5.41) is 18.0. The molecule has 0 aliphatic carbocycles. The van der Waals surface area contributed by atoms with Crippen molar-refractivity contribution in [3.63, 3.8) is 0 Å². The molecule has 0 radical (unpaired) electrons. The van der Waals surface area contributed by atoms with Gasteiger partial charge in [-0.15, -0.1) is 0 Å². The van der Waals surface area contributed by atoms with E-state index in [1.54, 1.807) is 4.68 Å². The average Bonchev–Trinajstić information content (AvgIpc) is 2.65. The summed E-state index contributed by atoms with van der Waals surface area (Å²) in [5.74, 6) is 0.393. The van der Waals surface area contributed by atoms with Crippen LogP contribution in [0.4, 0.5) is 17.3 Å². The standard InChI is InChI=1S/C11H14N6O2/c1-7-8(6-16(2)15-7)5-13-11-9(17(18)19)3-4-10(12)14-11/h3-4,6H,5H2,1-2H3,(H3,12,13,14). The van der Waals surface area contributed by atoms with E-state index in [2.05, 4.69) is 15.4 Å². The van der Waals surface area contributed by atoms with Crippen molar-refractivity contribution in [3.8, 4) is 0 Å². The van der Waals surface area contributed by atoms with Gasteiger partial charge in [0.25, 0.3) is 0 Å². The van der Waals surface area contributed by atoms with Crippen molar-refractivity contribution in [1.29, 1.82) is 0 Å². The Morgan fingerprint density at radius 2 is 2.26 bits per heavy atom. The molecule has 19 heavy (non-hydrogen) atoms. The third kappa shape index (κ3) is 2.79. The van der Waals surface area contributed by atoms with Gasteiger partial charge in [0.1, 0.15) is 5.82 Å². The number of aromatic nitrogens is 3. The number of nitrogens with two attached hydrogens (primary N) is 1. The molecule has 0 aromatic carbocycles. The zero-order valence-corrected chi connectivity index (χ0v) is 10.6. The summed E-state index contributed by atoms with van der Waals surface area (Å²) in [4.78, 5) is 14.3. The molecule has 100 valence electrons. The lowest BCUT2D eigenvalue weighted by molar-refractivity contribution is -0.384. The molecule has 2 rings (SSSR count). The highest BCUT2D eigenvalue weighted by Gasteiger charge is 2.15. The van der Waals surface area contributed by atoms with Gasteiger partial charge in [0.05, 0.1) is 10.6 Å². The summed E-state index contributed by atoms with van der Waals surface area (Å²) < 4.78 is 1.69. The Bertz CT molecular complexity index is 622. The highest BCUT2D eigenvalue weighted by molar-refractivity contribution is 5.59. The van der Waals surface area contributed by atoms with Gasteiger partial charge < -0.3 is 11.1 Å². The highest BCUT2D eigenvalue weighted by atomic mass is 16.6. The molecular formula is C11H14N6O2. The molecule has 0 amide bonds. The van der Waals surface area contributed by atoms with Gasteiger partial charge in [0, 0.05) is 31.4 Å². The van der Waals surface area contributed by atoms with Gasteiger partial charge >= 0.3 is 5.69 Å². The second-order valence-corrected chi connectivity index (χ2v) is 4.13. The summed E-state index contributed by atoms with van der Waals surface area (Å²) in [6.07, 6.45) is 1.85. The van der Waals surface area contributed by atoms with Crippen molar-refractivity contribution < 1.29 is 4.92 Å². The number of aryl methyl sites for hydroxylation is 2. The van der Waals surface area contributed by atoms with Gasteiger partial charge in [0.15, 0.2) is 0 Å². The van der Waals surface area contributed by atoms with E-state index in [0.717, 1.165) is 11.3 Å². The number of rotatable bonds is 4. The summed E-state index contributed by atoms with van der Waals surface area (Å²) in [7, 11) is 1.82. The van der Waals surface area contributed by atoms with E-state index in [0.29, 0.717) is 6.54 Å². The third-order valence-corrected chi connectivity index (χ3v) is 2.65. The molecule has 0 saturated carbocycles. The molecule has 0 fully saturated rings. The van der Waals surface area contributed by atoms with Crippen LogP contribution >= 0.6 is 0 Å². The fourth-order valence-corrected chi connectivity index (χ4v) is 1.75. The first-order valence-electron chi connectivity index (χ1n) is 5.61. The maximum absolute atomic E-state index is 10.9. The summed E-state index contributed by atoms with van der Waals surface area (Å²) in [6, 6.07) is 2.74. The molecule has 0 atom stereocenters.